The summed E-state index contributed by atoms with van der Waals surface area (Å²) in [6.45, 7) is -0.515. The molecule has 23 heavy (non-hydrogen) atoms. The van der Waals surface area contributed by atoms with E-state index in [0.29, 0.717) is 5.57 Å². The minimum Gasteiger partial charge on any atom is -0.384 e. The van der Waals surface area contributed by atoms with E-state index in [1.165, 1.54) is 9.80 Å². The fourth-order valence-electron chi connectivity index (χ4n) is 2.93. The second-order valence-corrected chi connectivity index (χ2v) is 5.40. The van der Waals surface area contributed by atoms with Crippen molar-refractivity contribution in [2.75, 3.05) is 13.1 Å². The number of nitrogens with zero attached hydrogens (tertiary/aromatic N) is 2. The first kappa shape index (κ1) is 14.8. The molecule has 0 unspecified atom stereocenters. The van der Waals surface area contributed by atoms with Gasteiger partial charge in [0, 0.05) is 6.42 Å². The summed E-state index contributed by atoms with van der Waals surface area (Å²) in [6, 6.07) is -1.34. The second-order valence-electron chi connectivity index (χ2n) is 5.40. The molecule has 2 fully saturated rings. The van der Waals surface area contributed by atoms with Gasteiger partial charge in [-0.1, -0.05) is 12.2 Å². The number of nitrogens with two attached hydrogens (primary N) is 1. The molecule has 3 rings (SSSR count). The lowest BCUT2D eigenvalue weighted by atomic mass is 9.90. The summed E-state index contributed by atoms with van der Waals surface area (Å²) in [5.74, 6) is -1.23. The van der Waals surface area contributed by atoms with Crippen LogP contribution in [0.4, 0.5) is 9.59 Å². The van der Waals surface area contributed by atoms with Crippen molar-refractivity contribution in [1.29, 1.82) is 5.41 Å². The first-order valence-corrected chi connectivity index (χ1v) is 6.79. The molecule has 0 spiro atoms. The number of amides is 6. The number of amidine groups is 1. The predicted molar refractivity (Wildman–Crippen MR) is 77.0 cm³/mol. The van der Waals surface area contributed by atoms with E-state index in [2.05, 4.69) is 10.6 Å². The SMILES string of the molecule is N=C(N)C1=CC=CC(N2CC(=O)NC2=O)(N2CC(=O)NC2=O)C1. The molecule has 0 atom stereocenters. The van der Waals surface area contributed by atoms with Gasteiger partial charge in [0.05, 0.1) is 0 Å². The normalized spacial score (nSPS) is 23.0. The lowest BCUT2D eigenvalue weighted by Gasteiger charge is -2.45. The highest BCUT2D eigenvalue weighted by molar-refractivity contribution is 6.05. The Labute approximate surface area is 130 Å². The molecule has 1 aliphatic carbocycles. The van der Waals surface area contributed by atoms with E-state index in [4.69, 9.17) is 11.1 Å². The summed E-state index contributed by atoms with van der Waals surface area (Å²) in [6.07, 6.45) is 4.70. The maximum Gasteiger partial charge on any atom is 0.326 e. The Morgan fingerprint density at radius 2 is 1.61 bits per heavy atom. The third-order valence-corrected chi connectivity index (χ3v) is 3.98. The molecule has 6 amide bonds. The van der Waals surface area contributed by atoms with Gasteiger partial charge in [0.2, 0.25) is 11.8 Å². The zero-order chi connectivity index (χ0) is 16.8. The standard InChI is InChI=1S/C13H14N6O4/c14-10(15)7-2-1-3-13(4-7,18-5-8(20)16-11(18)22)19-6-9(21)17-12(19)23/h1-3H,4-6H2,(H3,14,15)(H,16,20,22)(H,17,21,23). The van der Waals surface area contributed by atoms with Crippen molar-refractivity contribution >= 4 is 29.7 Å². The Bertz CT molecular complexity index is 673. The smallest absolute Gasteiger partial charge is 0.326 e. The predicted octanol–water partition coefficient (Wildman–Crippen LogP) is -1.39. The number of imide groups is 2. The van der Waals surface area contributed by atoms with Crippen LogP contribution in [0.15, 0.2) is 23.8 Å². The van der Waals surface area contributed by atoms with Gasteiger partial charge in [0.1, 0.15) is 24.6 Å². The maximum atomic E-state index is 12.1. The maximum absolute atomic E-state index is 12.1. The highest BCUT2D eigenvalue weighted by atomic mass is 16.2. The first-order chi connectivity index (χ1) is 10.8. The molecule has 2 heterocycles. The molecule has 10 nitrogen and oxygen atoms in total. The van der Waals surface area contributed by atoms with E-state index in [0.717, 1.165) is 0 Å². The molecule has 0 aromatic carbocycles. The number of allylic oxidation sites excluding steroid dienone is 2. The number of hydrogen-bond donors (Lipinski definition) is 4. The molecular formula is C13H14N6O4. The van der Waals surface area contributed by atoms with Gasteiger partial charge in [-0.25, -0.2) is 9.59 Å². The monoisotopic (exact) mass is 318 g/mol. The lowest BCUT2D eigenvalue weighted by Crippen LogP contribution is -2.62. The average Bonchev–Trinajstić information content (AvgIpc) is 3.00. The minimum atomic E-state index is -1.37. The quantitative estimate of drug-likeness (QED) is 0.287. The lowest BCUT2D eigenvalue weighted by molar-refractivity contribution is -0.119. The zero-order valence-electron chi connectivity index (χ0n) is 12.0. The van der Waals surface area contributed by atoms with Gasteiger partial charge >= 0.3 is 12.1 Å². The van der Waals surface area contributed by atoms with Gasteiger partial charge in [-0.3, -0.25) is 35.4 Å². The van der Waals surface area contributed by atoms with Crippen LogP contribution in [0.5, 0.6) is 0 Å². The van der Waals surface area contributed by atoms with Crippen molar-refractivity contribution in [3.05, 3.63) is 23.8 Å². The average molecular weight is 318 g/mol. The number of nitrogens with one attached hydrogen (secondary N) is 3. The van der Waals surface area contributed by atoms with Crippen molar-refractivity contribution in [3.63, 3.8) is 0 Å². The van der Waals surface area contributed by atoms with Gasteiger partial charge in [0.15, 0.2) is 0 Å². The Kier molecular flexibility index (Phi) is 3.17. The van der Waals surface area contributed by atoms with Crippen LogP contribution in [-0.4, -0.2) is 58.3 Å². The summed E-state index contributed by atoms with van der Waals surface area (Å²) < 4.78 is 0. The van der Waals surface area contributed by atoms with E-state index in [-0.39, 0.29) is 25.3 Å². The van der Waals surface area contributed by atoms with Gasteiger partial charge in [-0.05, 0) is 11.6 Å². The van der Waals surface area contributed by atoms with E-state index in [9.17, 15) is 19.2 Å². The Morgan fingerprint density at radius 1 is 1.09 bits per heavy atom. The van der Waals surface area contributed by atoms with Crippen molar-refractivity contribution < 1.29 is 19.2 Å². The molecule has 0 radical (unpaired) electrons. The molecule has 0 bridgehead atoms. The van der Waals surface area contributed by atoms with Gasteiger partial charge in [-0.2, -0.15) is 0 Å². The molecule has 2 saturated heterocycles. The van der Waals surface area contributed by atoms with Gasteiger partial charge < -0.3 is 5.73 Å². The number of hydrogen-bond acceptors (Lipinski definition) is 5. The van der Waals surface area contributed by atoms with Crippen molar-refractivity contribution in [3.8, 4) is 0 Å². The van der Waals surface area contributed by atoms with Crippen molar-refractivity contribution in [2.24, 2.45) is 5.73 Å². The molecule has 0 aromatic heterocycles. The summed E-state index contributed by atoms with van der Waals surface area (Å²) in [7, 11) is 0. The Hall–Kier alpha value is -3.17. The molecule has 3 aliphatic rings. The van der Waals surface area contributed by atoms with Crippen LogP contribution in [0.3, 0.4) is 0 Å². The number of carbonyl (C=O) groups excluding carboxylic acids is 4. The topological polar surface area (TPSA) is 149 Å². The number of rotatable bonds is 3. The van der Waals surface area contributed by atoms with E-state index >= 15 is 0 Å². The van der Waals surface area contributed by atoms with Gasteiger partial charge in [0.25, 0.3) is 0 Å². The highest BCUT2D eigenvalue weighted by Gasteiger charge is 2.52. The molecular weight excluding hydrogens is 304 g/mol. The first-order valence-electron chi connectivity index (χ1n) is 6.79. The number of carbonyl (C=O) groups is 4. The Morgan fingerprint density at radius 3 is 2.00 bits per heavy atom. The van der Waals surface area contributed by atoms with Crippen molar-refractivity contribution in [2.45, 2.75) is 12.1 Å². The van der Waals surface area contributed by atoms with Crippen LogP contribution >= 0.6 is 0 Å². The van der Waals surface area contributed by atoms with E-state index in [1.54, 1.807) is 18.2 Å². The summed E-state index contributed by atoms with van der Waals surface area (Å²) in [5.41, 5.74) is 4.54. The molecule has 10 heteroatoms. The minimum absolute atomic E-state index is 0.0141. The molecule has 2 aliphatic heterocycles. The molecule has 5 N–H and O–H groups in total. The molecule has 0 saturated carbocycles. The van der Waals surface area contributed by atoms with E-state index in [1.807, 2.05) is 0 Å². The van der Waals surface area contributed by atoms with Crippen LogP contribution < -0.4 is 16.4 Å². The van der Waals surface area contributed by atoms with E-state index < -0.39 is 29.5 Å². The fourth-order valence-corrected chi connectivity index (χ4v) is 2.93. The van der Waals surface area contributed by atoms with Crippen LogP contribution in [0, 0.1) is 5.41 Å². The summed E-state index contributed by atoms with van der Waals surface area (Å²) in [4.78, 5) is 49.7. The fraction of sp³-hybridized carbons (Fsp3) is 0.308. The van der Waals surface area contributed by atoms with Crippen LogP contribution in [0.25, 0.3) is 0 Å². The van der Waals surface area contributed by atoms with Crippen molar-refractivity contribution in [1.82, 2.24) is 20.4 Å². The van der Waals surface area contributed by atoms with Crippen LogP contribution in [-0.2, 0) is 9.59 Å². The van der Waals surface area contributed by atoms with Gasteiger partial charge in [-0.15, -0.1) is 0 Å². The van der Waals surface area contributed by atoms with Crippen LogP contribution in [0.2, 0.25) is 0 Å². The third-order valence-electron chi connectivity index (χ3n) is 3.98. The number of urea groups is 2. The molecule has 0 aromatic rings. The second kappa shape index (κ2) is 4.93. The highest BCUT2D eigenvalue weighted by Crippen LogP contribution is 2.35. The summed E-state index contributed by atoms with van der Waals surface area (Å²) >= 11 is 0. The zero-order valence-corrected chi connectivity index (χ0v) is 12.0. The summed E-state index contributed by atoms with van der Waals surface area (Å²) in [5, 5.41) is 11.9. The van der Waals surface area contributed by atoms with Crippen LogP contribution in [0.1, 0.15) is 6.42 Å². The largest absolute Gasteiger partial charge is 0.384 e. The Balaban J connectivity index is 2.06. The third kappa shape index (κ3) is 2.24. The molecule has 120 valence electrons.